The molecule has 1 heterocycles. The lowest BCUT2D eigenvalue weighted by molar-refractivity contribution is 0.403. The molecule has 0 saturated heterocycles. The summed E-state index contributed by atoms with van der Waals surface area (Å²) in [6, 6.07) is 5.30. The molecule has 0 aromatic carbocycles. The van der Waals surface area contributed by atoms with Crippen LogP contribution in [0.15, 0.2) is 29.4 Å². The number of rotatable bonds is 1. The van der Waals surface area contributed by atoms with E-state index in [1.54, 1.807) is 30.6 Å². The first kappa shape index (κ1) is 8.21. The Balaban J connectivity index is 2.98. The minimum Gasteiger partial charge on any atom is -0.479 e. The van der Waals surface area contributed by atoms with Gasteiger partial charge in [-0.2, -0.15) is 5.26 Å². The number of methoxy groups -OCH3 is 1. The van der Waals surface area contributed by atoms with Crippen molar-refractivity contribution in [1.29, 1.82) is 5.26 Å². The molecule has 1 aromatic rings. The van der Waals surface area contributed by atoms with Gasteiger partial charge in [0.15, 0.2) is 0 Å². The molecular weight excluding hydrogens is 154 g/mol. The Hall–Kier alpha value is -1.89. The van der Waals surface area contributed by atoms with Crippen molar-refractivity contribution in [3.63, 3.8) is 0 Å². The van der Waals surface area contributed by atoms with Crippen LogP contribution in [0.4, 0.5) is 0 Å². The van der Waals surface area contributed by atoms with E-state index in [9.17, 15) is 0 Å². The largest absolute Gasteiger partial charge is 0.479 e. The summed E-state index contributed by atoms with van der Waals surface area (Å²) >= 11 is 0. The average Bonchev–Trinajstić information content (AvgIpc) is 2.15. The lowest BCUT2D eigenvalue weighted by Gasteiger charge is -1.99. The molecule has 0 radical (unpaired) electrons. The Morgan fingerprint density at radius 3 is 3.00 bits per heavy atom. The third-order valence-corrected chi connectivity index (χ3v) is 1.23. The van der Waals surface area contributed by atoms with E-state index in [-0.39, 0.29) is 5.90 Å². The molecule has 0 fully saturated rings. The van der Waals surface area contributed by atoms with Crippen LogP contribution in [0.2, 0.25) is 0 Å². The topological polar surface area (TPSA) is 58.3 Å². The minimum absolute atomic E-state index is 0.234. The van der Waals surface area contributed by atoms with Crippen LogP contribution in [-0.2, 0) is 4.74 Å². The molecule has 0 atom stereocenters. The molecule has 0 N–H and O–H groups in total. The summed E-state index contributed by atoms with van der Waals surface area (Å²) in [6.45, 7) is 0. The van der Waals surface area contributed by atoms with Gasteiger partial charge in [-0.05, 0) is 12.1 Å². The highest BCUT2D eigenvalue weighted by Crippen LogP contribution is 1.96. The maximum Gasteiger partial charge on any atom is 0.250 e. The van der Waals surface area contributed by atoms with Gasteiger partial charge < -0.3 is 4.74 Å². The molecule has 4 nitrogen and oxygen atoms in total. The summed E-state index contributed by atoms with van der Waals surface area (Å²) in [5.41, 5.74) is 0.557. The van der Waals surface area contributed by atoms with E-state index in [2.05, 4.69) is 9.98 Å². The van der Waals surface area contributed by atoms with Crippen LogP contribution in [0.25, 0.3) is 0 Å². The van der Waals surface area contributed by atoms with Crippen LogP contribution in [-0.4, -0.2) is 18.0 Å². The number of nitrogens with zero attached hydrogens (tertiary/aromatic N) is 3. The van der Waals surface area contributed by atoms with E-state index in [4.69, 9.17) is 10.00 Å². The first-order chi connectivity index (χ1) is 5.88. The van der Waals surface area contributed by atoms with Gasteiger partial charge in [0.2, 0.25) is 12.1 Å². The van der Waals surface area contributed by atoms with Gasteiger partial charge in [-0.25, -0.2) is 0 Å². The van der Waals surface area contributed by atoms with Crippen molar-refractivity contribution < 1.29 is 4.74 Å². The maximum absolute atomic E-state index is 8.28. The fraction of sp³-hybridized carbons (Fsp3) is 0.125. The fourth-order valence-electron chi connectivity index (χ4n) is 0.742. The second-order valence-electron chi connectivity index (χ2n) is 1.94. The molecule has 0 spiro atoms. The van der Waals surface area contributed by atoms with Crippen LogP contribution in [0.5, 0.6) is 0 Å². The van der Waals surface area contributed by atoms with E-state index in [0.29, 0.717) is 5.69 Å². The zero-order valence-corrected chi connectivity index (χ0v) is 6.56. The zero-order valence-electron chi connectivity index (χ0n) is 6.56. The van der Waals surface area contributed by atoms with E-state index in [1.165, 1.54) is 7.11 Å². The molecular formula is C8H7N3O. The number of aromatic nitrogens is 1. The van der Waals surface area contributed by atoms with Crippen molar-refractivity contribution in [2.24, 2.45) is 4.99 Å². The molecule has 4 heteroatoms. The monoisotopic (exact) mass is 161 g/mol. The van der Waals surface area contributed by atoms with E-state index in [0.717, 1.165) is 0 Å². The van der Waals surface area contributed by atoms with Crippen LogP contribution in [0.1, 0.15) is 5.69 Å². The van der Waals surface area contributed by atoms with Crippen molar-refractivity contribution in [3.8, 4) is 6.19 Å². The highest BCUT2D eigenvalue weighted by atomic mass is 16.5. The quantitative estimate of drug-likeness (QED) is 0.350. The summed E-state index contributed by atoms with van der Waals surface area (Å²) in [4.78, 5) is 7.41. The Morgan fingerprint density at radius 1 is 1.67 bits per heavy atom. The molecule has 1 aromatic heterocycles. The SMILES string of the molecule is CO/C(=N\C#N)c1ccccn1. The second kappa shape index (κ2) is 4.09. The number of pyridine rings is 1. The van der Waals surface area contributed by atoms with E-state index < -0.39 is 0 Å². The molecule has 0 bridgehead atoms. The molecule has 0 amide bonds. The standard InChI is InChI=1S/C8H7N3O/c1-12-8(11-6-9)7-4-2-3-5-10-7/h2-5H,1H3/b11-8-. The molecule has 12 heavy (non-hydrogen) atoms. The highest BCUT2D eigenvalue weighted by Gasteiger charge is 2.01. The van der Waals surface area contributed by atoms with Gasteiger partial charge in [0.25, 0.3) is 0 Å². The van der Waals surface area contributed by atoms with Crippen molar-refractivity contribution in [2.75, 3.05) is 7.11 Å². The van der Waals surface area contributed by atoms with Crippen molar-refractivity contribution in [1.82, 2.24) is 4.98 Å². The first-order valence-corrected chi connectivity index (χ1v) is 3.30. The number of nitriles is 1. The van der Waals surface area contributed by atoms with Crippen molar-refractivity contribution >= 4 is 5.90 Å². The second-order valence-corrected chi connectivity index (χ2v) is 1.94. The molecule has 0 aliphatic heterocycles. The predicted molar refractivity (Wildman–Crippen MR) is 43.4 cm³/mol. The third kappa shape index (κ3) is 1.80. The van der Waals surface area contributed by atoms with Crippen molar-refractivity contribution in [2.45, 2.75) is 0 Å². The summed E-state index contributed by atoms with van der Waals surface area (Å²) in [7, 11) is 1.45. The molecule has 0 unspecified atom stereocenters. The summed E-state index contributed by atoms with van der Waals surface area (Å²) < 4.78 is 4.84. The Morgan fingerprint density at radius 2 is 2.50 bits per heavy atom. The van der Waals surface area contributed by atoms with Gasteiger partial charge in [0, 0.05) is 6.20 Å². The summed E-state index contributed by atoms with van der Waals surface area (Å²) in [6.07, 6.45) is 3.25. The van der Waals surface area contributed by atoms with Gasteiger partial charge in [-0.3, -0.25) is 4.98 Å². The highest BCUT2D eigenvalue weighted by molar-refractivity contribution is 5.92. The van der Waals surface area contributed by atoms with Gasteiger partial charge in [-0.1, -0.05) is 6.07 Å². The number of ether oxygens (including phenoxy) is 1. The average molecular weight is 161 g/mol. The molecule has 0 saturated carbocycles. The van der Waals surface area contributed by atoms with Crippen LogP contribution >= 0.6 is 0 Å². The van der Waals surface area contributed by atoms with Gasteiger partial charge in [0.05, 0.1) is 7.11 Å². The Bertz CT molecular complexity index is 313. The number of hydrogen-bond donors (Lipinski definition) is 0. The molecule has 60 valence electrons. The smallest absolute Gasteiger partial charge is 0.250 e. The molecule has 1 rings (SSSR count). The fourth-order valence-corrected chi connectivity index (χ4v) is 0.742. The van der Waals surface area contributed by atoms with Gasteiger partial charge in [-0.15, -0.1) is 4.99 Å². The minimum atomic E-state index is 0.234. The summed E-state index contributed by atoms with van der Waals surface area (Å²) in [5.74, 6) is 0.234. The zero-order chi connectivity index (χ0) is 8.81. The number of aliphatic imine (C=N–C) groups is 1. The maximum atomic E-state index is 8.28. The first-order valence-electron chi connectivity index (χ1n) is 3.30. The molecule has 0 aliphatic carbocycles. The lowest BCUT2D eigenvalue weighted by atomic mass is 10.3. The Kier molecular flexibility index (Phi) is 2.79. The third-order valence-electron chi connectivity index (χ3n) is 1.23. The molecule has 0 aliphatic rings. The van der Waals surface area contributed by atoms with Crippen molar-refractivity contribution in [3.05, 3.63) is 30.1 Å². The predicted octanol–water partition coefficient (Wildman–Crippen LogP) is 0.956. The number of hydrogen-bond acceptors (Lipinski definition) is 4. The van der Waals surface area contributed by atoms with E-state index >= 15 is 0 Å². The van der Waals surface area contributed by atoms with E-state index in [1.807, 2.05) is 0 Å². The van der Waals surface area contributed by atoms with Crippen LogP contribution in [0.3, 0.4) is 0 Å². The lowest BCUT2D eigenvalue weighted by Crippen LogP contribution is -2.04. The van der Waals surface area contributed by atoms with Gasteiger partial charge in [0.1, 0.15) is 5.69 Å². The van der Waals surface area contributed by atoms with Crippen LogP contribution < -0.4 is 0 Å². The summed E-state index contributed by atoms with van der Waals surface area (Å²) in [5, 5.41) is 8.28. The van der Waals surface area contributed by atoms with Gasteiger partial charge >= 0.3 is 0 Å². The Labute approximate surface area is 70.1 Å². The normalized spacial score (nSPS) is 10.5. The van der Waals surface area contributed by atoms with Crippen LogP contribution in [0, 0.1) is 11.5 Å².